The zero-order chi connectivity index (χ0) is 22.6. The lowest BCUT2D eigenvalue weighted by molar-refractivity contribution is -0.140. The molecule has 1 aliphatic heterocycles. The summed E-state index contributed by atoms with van der Waals surface area (Å²) in [6.07, 6.45) is 4.38. The number of esters is 1. The van der Waals surface area contributed by atoms with Gasteiger partial charge in [0.05, 0.1) is 18.6 Å². The highest BCUT2D eigenvalue weighted by Crippen LogP contribution is 2.50. The summed E-state index contributed by atoms with van der Waals surface area (Å²) < 4.78 is 4.68. The molecular formula is C26H30N2O4. The van der Waals surface area contributed by atoms with E-state index < -0.39 is 11.5 Å². The van der Waals surface area contributed by atoms with E-state index in [0.29, 0.717) is 25.1 Å². The van der Waals surface area contributed by atoms with Gasteiger partial charge >= 0.3 is 5.97 Å². The minimum Gasteiger partial charge on any atom is -0.469 e. The third-order valence-corrected chi connectivity index (χ3v) is 6.82. The second-order valence-electron chi connectivity index (χ2n) is 8.68. The van der Waals surface area contributed by atoms with E-state index in [1.807, 2.05) is 59.5 Å². The fraction of sp³-hybridized carbons (Fsp3) is 0.423. The van der Waals surface area contributed by atoms with Crippen LogP contribution in [0.5, 0.6) is 0 Å². The quantitative estimate of drug-likeness (QED) is 0.531. The summed E-state index contributed by atoms with van der Waals surface area (Å²) in [6, 6.07) is 17.5. The standard InChI is InChI=1S/C26H30N2O4/c1-32-22(29)14-9-17-27-24(30)23-20-12-5-6-13-21(20)25(31)28(26(23)15-7-8-16-26)18-19-10-3-2-4-11-19/h2-6,10-13,23H,7-9,14-18H2,1H3,(H,27,30). The van der Waals surface area contributed by atoms with Crippen LogP contribution >= 0.6 is 0 Å². The van der Waals surface area contributed by atoms with Crippen molar-refractivity contribution in [2.24, 2.45) is 0 Å². The Hall–Kier alpha value is -3.15. The van der Waals surface area contributed by atoms with E-state index in [1.165, 1.54) is 7.11 Å². The summed E-state index contributed by atoms with van der Waals surface area (Å²) >= 11 is 0. The number of benzene rings is 2. The van der Waals surface area contributed by atoms with Gasteiger partial charge < -0.3 is 15.0 Å². The summed E-state index contributed by atoms with van der Waals surface area (Å²) in [4.78, 5) is 40.6. The number of carbonyl (C=O) groups excluding carboxylic acids is 3. The first kappa shape index (κ1) is 22.1. The van der Waals surface area contributed by atoms with Crippen molar-refractivity contribution in [3.8, 4) is 0 Å². The number of hydrogen-bond acceptors (Lipinski definition) is 4. The zero-order valence-corrected chi connectivity index (χ0v) is 18.5. The van der Waals surface area contributed by atoms with Crippen LogP contribution in [0.25, 0.3) is 0 Å². The van der Waals surface area contributed by atoms with Gasteiger partial charge in [0.1, 0.15) is 0 Å². The molecule has 0 bridgehead atoms. The maximum atomic E-state index is 13.7. The molecule has 0 radical (unpaired) electrons. The molecule has 2 aromatic carbocycles. The number of amides is 2. The number of nitrogens with zero attached hydrogens (tertiary/aromatic N) is 1. The first-order chi connectivity index (χ1) is 15.6. The second-order valence-corrected chi connectivity index (χ2v) is 8.68. The van der Waals surface area contributed by atoms with Crippen LogP contribution < -0.4 is 5.32 Å². The van der Waals surface area contributed by atoms with Gasteiger partial charge in [-0.1, -0.05) is 61.4 Å². The van der Waals surface area contributed by atoms with Gasteiger partial charge in [-0.05, 0) is 36.5 Å². The number of nitrogens with one attached hydrogen (secondary N) is 1. The van der Waals surface area contributed by atoms with Crippen molar-refractivity contribution in [1.82, 2.24) is 10.2 Å². The van der Waals surface area contributed by atoms with Crippen LogP contribution in [0.1, 0.15) is 65.9 Å². The van der Waals surface area contributed by atoms with Gasteiger partial charge in [0.25, 0.3) is 5.91 Å². The lowest BCUT2D eigenvalue weighted by Crippen LogP contribution is -2.60. The maximum Gasteiger partial charge on any atom is 0.305 e. The monoisotopic (exact) mass is 434 g/mol. The predicted molar refractivity (Wildman–Crippen MR) is 121 cm³/mol. The number of ether oxygens (including phenoxy) is 1. The van der Waals surface area contributed by atoms with Crippen LogP contribution in [0.3, 0.4) is 0 Å². The molecule has 1 atom stereocenters. The highest BCUT2D eigenvalue weighted by molar-refractivity contribution is 6.02. The fourth-order valence-corrected chi connectivity index (χ4v) is 5.31. The lowest BCUT2D eigenvalue weighted by atomic mass is 9.71. The smallest absolute Gasteiger partial charge is 0.305 e. The molecular weight excluding hydrogens is 404 g/mol. The molecule has 2 aromatic rings. The molecule has 0 aromatic heterocycles. The summed E-state index contributed by atoms with van der Waals surface area (Å²) in [5.41, 5.74) is 1.95. The Bertz CT molecular complexity index is 982. The third-order valence-electron chi connectivity index (χ3n) is 6.82. The van der Waals surface area contributed by atoms with E-state index in [0.717, 1.165) is 36.8 Å². The molecule has 1 fully saturated rings. The third kappa shape index (κ3) is 4.14. The molecule has 1 unspecified atom stereocenters. The number of methoxy groups -OCH3 is 1. The van der Waals surface area contributed by atoms with E-state index in [1.54, 1.807) is 0 Å². The molecule has 6 nitrogen and oxygen atoms in total. The normalized spacial score (nSPS) is 19.0. The van der Waals surface area contributed by atoms with E-state index in [2.05, 4.69) is 10.1 Å². The van der Waals surface area contributed by atoms with Crippen LogP contribution in [0.4, 0.5) is 0 Å². The molecule has 6 heteroatoms. The molecule has 2 aliphatic rings. The Morgan fingerprint density at radius 3 is 2.47 bits per heavy atom. The minimum atomic E-state index is -0.534. The first-order valence-electron chi connectivity index (χ1n) is 11.4. The van der Waals surface area contributed by atoms with Crippen LogP contribution in [-0.2, 0) is 20.9 Å². The van der Waals surface area contributed by atoms with Crippen LogP contribution in [-0.4, -0.2) is 41.9 Å². The molecule has 4 rings (SSSR count). The zero-order valence-electron chi connectivity index (χ0n) is 18.5. The van der Waals surface area contributed by atoms with Gasteiger partial charge in [-0.15, -0.1) is 0 Å². The van der Waals surface area contributed by atoms with Crippen molar-refractivity contribution in [2.45, 2.75) is 56.5 Å². The van der Waals surface area contributed by atoms with Crippen molar-refractivity contribution >= 4 is 17.8 Å². The maximum absolute atomic E-state index is 13.7. The highest BCUT2D eigenvalue weighted by atomic mass is 16.5. The van der Waals surface area contributed by atoms with Crippen LogP contribution in [0, 0.1) is 0 Å². The van der Waals surface area contributed by atoms with E-state index in [4.69, 9.17) is 0 Å². The van der Waals surface area contributed by atoms with Crippen LogP contribution in [0.15, 0.2) is 54.6 Å². The van der Waals surface area contributed by atoms with Gasteiger partial charge in [-0.25, -0.2) is 0 Å². The molecule has 1 saturated carbocycles. The Balaban J connectivity index is 1.66. The van der Waals surface area contributed by atoms with Crippen molar-refractivity contribution in [3.05, 3.63) is 71.3 Å². The average molecular weight is 435 g/mol. The Morgan fingerprint density at radius 2 is 1.75 bits per heavy atom. The van der Waals surface area contributed by atoms with E-state index in [-0.39, 0.29) is 24.2 Å². The second kappa shape index (κ2) is 9.55. The first-order valence-corrected chi connectivity index (χ1v) is 11.4. The van der Waals surface area contributed by atoms with Gasteiger partial charge in [0.15, 0.2) is 0 Å². The minimum absolute atomic E-state index is 0.00101. The van der Waals surface area contributed by atoms with Crippen molar-refractivity contribution in [1.29, 1.82) is 0 Å². The summed E-state index contributed by atoms with van der Waals surface area (Å²) in [6.45, 7) is 0.884. The summed E-state index contributed by atoms with van der Waals surface area (Å²) in [5.74, 6) is -0.786. The molecule has 32 heavy (non-hydrogen) atoms. The average Bonchev–Trinajstić information content (AvgIpc) is 3.30. The Kier molecular flexibility index (Phi) is 6.58. The van der Waals surface area contributed by atoms with Crippen molar-refractivity contribution in [3.63, 3.8) is 0 Å². The number of carbonyl (C=O) groups is 3. The van der Waals surface area contributed by atoms with Crippen molar-refractivity contribution in [2.75, 3.05) is 13.7 Å². The number of rotatable bonds is 7. The number of fused-ring (bicyclic) bond motifs is 1. The van der Waals surface area contributed by atoms with E-state index in [9.17, 15) is 14.4 Å². The molecule has 0 saturated heterocycles. The lowest BCUT2D eigenvalue weighted by Gasteiger charge is -2.50. The largest absolute Gasteiger partial charge is 0.469 e. The predicted octanol–water partition coefficient (Wildman–Crippen LogP) is 3.81. The van der Waals surface area contributed by atoms with Gasteiger partial charge in [0.2, 0.25) is 5.91 Å². The van der Waals surface area contributed by atoms with Gasteiger partial charge in [-0.3, -0.25) is 14.4 Å². The highest BCUT2D eigenvalue weighted by Gasteiger charge is 2.55. The topological polar surface area (TPSA) is 75.7 Å². The van der Waals surface area contributed by atoms with Crippen LogP contribution in [0.2, 0.25) is 0 Å². The Labute approximate surface area is 188 Å². The molecule has 1 aliphatic carbocycles. The fourth-order valence-electron chi connectivity index (χ4n) is 5.31. The summed E-state index contributed by atoms with van der Waals surface area (Å²) in [7, 11) is 1.36. The SMILES string of the molecule is COC(=O)CCCNC(=O)C1c2ccccc2C(=O)N(Cc2ccccc2)C12CCCC2. The molecule has 168 valence electrons. The Morgan fingerprint density at radius 1 is 1.06 bits per heavy atom. The number of hydrogen-bond donors (Lipinski definition) is 1. The van der Waals surface area contributed by atoms with E-state index >= 15 is 0 Å². The van der Waals surface area contributed by atoms with Gasteiger partial charge in [0, 0.05) is 25.1 Å². The molecule has 1 spiro atoms. The molecule has 1 heterocycles. The summed E-state index contributed by atoms with van der Waals surface area (Å²) in [5, 5.41) is 3.04. The van der Waals surface area contributed by atoms with Gasteiger partial charge in [-0.2, -0.15) is 0 Å². The molecule has 2 amide bonds. The van der Waals surface area contributed by atoms with Crippen molar-refractivity contribution < 1.29 is 19.1 Å². The molecule has 1 N–H and O–H groups in total.